The smallest absolute Gasteiger partial charge is 0.208 e. The number of fused-ring (bicyclic) bond motifs is 2. The van der Waals surface area contributed by atoms with E-state index in [1.807, 2.05) is 6.92 Å². The Labute approximate surface area is 143 Å². The zero-order valence-electron chi connectivity index (χ0n) is 11.9. The minimum atomic E-state index is -3.48. The highest BCUT2D eigenvalue weighted by atomic mass is 79.9. The van der Waals surface area contributed by atoms with Gasteiger partial charge in [-0.15, -0.1) is 0 Å². The highest BCUT2D eigenvalue weighted by Crippen LogP contribution is 2.49. The number of nitrogens with one attached hydrogen (secondary N) is 1. The van der Waals surface area contributed by atoms with Crippen molar-refractivity contribution in [2.45, 2.75) is 43.5 Å². The molecular weight excluding hydrogens is 418 g/mol. The fraction of sp³-hybridized carbons (Fsp3) is 0.600. The first kappa shape index (κ1) is 16.0. The van der Waals surface area contributed by atoms with Crippen molar-refractivity contribution in [3.05, 3.63) is 27.1 Å². The summed E-state index contributed by atoms with van der Waals surface area (Å²) in [5.74, 6) is 2.03. The Hall–Kier alpha value is 0.0900. The van der Waals surface area contributed by atoms with Crippen LogP contribution in [0, 0.1) is 17.8 Å². The van der Waals surface area contributed by atoms with Crippen LogP contribution in [0.3, 0.4) is 0 Å². The van der Waals surface area contributed by atoms with Crippen LogP contribution >= 0.6 is 31.9 Å². The first-order valence-electron chi connectivity index (χ1n) is 7.34. The second kappa shape index (κ2) is 5.95. The molecule has 2 aliphatic rings. The van der Waals surface area contributed by atoms with E-state index < -0.39 is 10.0 Å². The molecule has 2 aliphatic carbocycles. The predicted octanol–water partition coefficient (Wildman–Crippen LogP) is 4.31. The third-order valence-corrected chi connectivity index (χ3v) is 7.99. The molecule has 1 aromatic rings. The summed E-state index contributed by atoms with van der Waals surface area (Å²) >= 11 is 6.68. The van der Waals surface area contributed by atoms with Crippen molar-refractivity contribution in [3.8, 4) is 0 Å². The van der Waals surface area contributed by atoms with Crippen molar-refractivity contribution in [3.63, 3.8) is 0 Å². The van der Waals surface area contributed by atoms with Crippen LogP contribution in [0.1, 0.15) is 32.6 Å². The van der Waals surface area contributed by atoms with Gasteiger partial charge in [-0.1, -0.05) is 22.4 Å². The molecule has 2 saturated carbocycles. The van der Waals surface area contributed by atoms with E-state index >= 15 is 0 Å². The second-order valence-corrected chi connectivity index (χ2v) is 9.78. The average Bonchev–Trinajstić information content (AvgIpc) is 2.99. The van der Waals surface area contributed by atoms with Crippen molar-refractivity contribution in [1.29, 1.82) is 0 Å². The Kier molecular flexibility index (Phi) is 4.52. The zero-order valence-corrected chi connectivity index (χ0v) is 15.8. The van der Waals surface area contributed by atoms with Crippen molar-refractivity contribution < 1.29 is 8.42 Å². The lowest BCUT2D eigenvalue weighted by Gasteiger charge is -2.28. The van der Waals surface area contributed by atoms with Crippen molar-refractivity contribution in [2.75, 3.05) is 0 Å². The van der Waals surface area contributed by atoms with E-state index in [0.717, 1.165) is 10.4 Å². The SMILES string of the molecule is C[C@@H](NS(=O)(=O)c1ccc(Br)cc1Br)[C@H]1C[C@H]2CC[C@H]1C2. The van der Waals surface area contributed by atoms with Gasteiger partial charge in [0.2, 0.25) is 10.0 Å². The minimum Gasteiger partial charge on any atom is -0.208 e. The summed E-state index contributed by atoms with van der Waals surface area (Å²) in [4.78, 5) is 0.306. The number of rotatable bonds is 4. The molecule has 0 aromatic heterocycles. The van der Waals surface area contributed by atoms with Gasteiger partial charge in [0, 0.05) is 15.0 Å². The molecular formula is C15H19Br2NO2S. The van der Waals surface area contributed by atoms with E-state index in [1.165, 1.54) is 25.7 Å². The first-order valence-corrected chi connectivity index (χ1v) is 10.4. The molecule has 0 amide bonds. The fourth-order valence-corrected chi connectivity index (χ4v) is 7.04. The molecule has 116 valence electrons. The summed E-state index contributed by atoms with van der Waals surface area (Å²) in [5, 5.41) is 0. The molecule has 2 fully saturated rings. The Balaban J connectivity index is 1.76. The number of halogens is 2. The number of hydrogen-bond donors (Lipinski definition) is 1. The van der Waals surface area contributed by atoms with Crippen molar-refractivity contribution >= 4 is 41.9 Å². The van der Waals surface area contributed by atoms with Crippen molar-refractivity contribution in [1.82, 2.24) is 4.72 Å². The number of sulfonamides is 1. The van der Waals surface area contributed by atoms with Crippen LogP contribution in [0.2, 0.25) is 0 Å². The maximum Gasteiger partial charge on any atom is 0.241 e. The predicted molar refractivity (Wildman–Crippen MR) is 90.6 cm³/mol. The molecule has 3 nitrogen and oxygen atoms in total. The van der Waals surface area contributed by atoms with Crippen LogP contribution in [0.15, 0.2) is 32.0 Å². The van der Waals surface area contributed by atoms with Crippen LogP contribution in [0.25, 0.3) is 0 Å². The number of hydrogen-bond acceptors (Lipinski definition) is 2. The van der Waals surface area contributed by atoms with E-state index in [4.69, 9.17) is 0 Å². The second-order valence-electron chi connectivity index (χ2n) is 6.32. The van der Waals surface area contributed by atoms with E-state index in [0.29, 0.717) is 21.2 Å². The Morgan fingerprint density at radius 3 is 2.57 bits per heavy atom. The topological polar surface area (TPSA) is 46.2 Å². The van der Waals surface area contributed by atoms with Crippen molar-refractivity contribution in [2.24, 2.45) is 17.8 Å². The molecule has 3 rings (SSSR count). The molecule has 0 spiro atoms. The highest BCUT2D eigenvalue weighted by Gasteiger charge is 2.42. The van der Waals surface area contributed by atoms with E-state index in [-0.39, 0.29) is 6.04 Å². The standard InChI is InChI=1S/C15H19Br2NO2S/c1-9(13-7-10-2-3-11(13)6-10)18-21(19,20)15-5-4-12(16)8-14(15)17/h4-5,8-11,13,18H,2-3,6-7H2,1H3/t9-,10+,11+,13-/m1/s1. The molecule has 4 atom stereocenters. The maximum absolute atomic E-state index is 12.6. The molecule has 0 aliphatic heterocycles. The summed E-state index contributed by atoms with van der Waals surface area (Å²) in [6.45, 7) is 2.01. The van der Waals surface area contributed by atoms with Crippen LogP contribution < -0.4 is 4.72 Å². The van der Waals surface area contributed by atoms with Gasteiger partial charge in [0.05, 0.1) is 4.90 Å². The lowest BCUT2D eigenvalue weighted by atomic mass is 9.84. The summed E-state index contributed by atoms with van der Waals surface area (Å²) in [7, 11) is -3.48. The number of benzene rings is 1. The van der Waals surface area contributed by atoms with Gasteiger partial charge in [-0.05, 0) is 78.1 Å². The Bertz CT molecular complexity index is 647. The minimum absolute atomic E-state index is 0.000784. The summed E-state index contributed by atoms with van der Waals surface area (Å²) < 4.78 is 29.5. The summed E-state index contributed by atoms with van der Waals surface area (Å²) in [6, 6.07) is 5.14. The molecule has 0 heterocycles. The molecule has 0 unspecified atom stereocenters. The van der Waals surface area contributed by atoms with Gasteiger partial charge < -0.3 is 0 Å². The van der Waals surface area contributed by atoms with Gasteiger partial charge in [-0.25, -0.2) is 13.1 Å². The van der Waals surface area contributed by atoms with Crippen LogP contribution in [0.5, 0.6) is 0 Å². The molecule has 2 bridgehead atoms. The third kappa shape index (κ3) is 3.23. The van der Waals surface area contributed by atoms with Crippen LogP contribution in [-0.4, -0.2) is 14.5 Å². The molecule has 21 heavy (non-hydrogen) atoms. The van der Waals surface area contributed by atoms with Gasteiger partial charge >= 0.3 is 0 Å². The first-order chi connectivity index (χ1) is 9.87. The molecule has 1 N–H and O–H groups in total. The quantitative estimate of drug-likeness (QED) is 0.763. The lowest BCUT2D eigenvalue weighted by Crippen LogP contribution is -2.40. The van der Waals surface area contributed by atoms with Gasteiger partial charge in [-0.3, -0.25) is 0 Å². The molecule has 0 saturated heterocycles. The monoisotopic (exact) mass is 435 g/mol. The normalized spacial score (nSPS) is 29.8. The van der Waals surface area contributed by atoms with E-state index in [1.54, 1.807) is 18.2 Å². The highest BCUT2D eigenvalue weighted by molar-refractivity contribution is 9.11. The average molecular weight is 437 g/mol. The van der Waals surface area contributed by atoms with E-state index in [9.17, 15) is 8.42 Å². The van der Waals surface area contributed by atoms with Gasteiger partial charge in [0.1, 0.15) is 0 Å². The van der Waals surface area contributed by atoms with Gasteiger partial charge in [-0.2, -0.15) is 0 Å². The van der Waals surface area contributed by atoms with E-state index in [2.05, 4.69) is 36.6 Å². The van der Waals surface area contributed by atoms with Crippen LogP contribution in [-0.2, 0) is 10.0 Å². The Morgan fingerprint density at radius 2 is 2.00 bits per heavy atom. The zero-order chi connectivity index (χ0) is 15.2. The van der Waals surface area contributed by atoms with Crippen LogP contribution in [0.4, 0.5) is 0 Å². The fourth-order valence-electron chi connectivity index (χ4n) is 4.00. The molecule has 1 aromatic carbocycles. The lowest BCUT2D eigenvalue weighted by molar-refractivity contribution is 0.280. The van der Waals surface area contributed by atoms with Gasteiger partial charge in [0.25, 0.3) is 0 Å². The largest absolute Gasteiger partial charge is 0.241 e. The maximum atomic E-state index is 12.6. The summed E-state index contributed by atoms with van der Waals surface area (Å²) in [6.07, 6.45) is 5.07. The molecule has 6 heteroatoms. The molecule has 0 radical (unpaired) electrons. The van der Waals surface area contributed by atoms with Gasteiger partial charge in [0.15, 0.2) is 0 Å². The Morgan fingerprint density at radius 1 is 1.24 bits per heavy atom. The third-order valence-electron chi connectivity index (χ3n) is 4.96. The summed E-state index contributed by atoms with van der Waals surface area (Å²) in [5.41, 5.74) is 0.